The summed E-state index contributed by atoms with van der Waals surface area (Å²) in [6.45, 7) is -0.746. The third-order valence-corrected chi connectivity index (χ3v) is 5.76. The lowest BCUT2D eigenvalue weighted by Crippen LogP contribution is -2.15. The van der Waals surface area contributed by atoms with Crippen LogP contribution in [0.5, 0.6) is 0 Å². The lowest BCUT2D eigenvalue weighted by molar-refractivity contribution is -0.114. The van der Waals surface area contributed by atoms with E-state index in [1.165, 1.54) is 36.4 Å². The largest absolute Gasteiger partial charge is 0.392 e. The van der Waals surface area contributed by atoms with Gasteiger partial charge in [-0.3, -0.25) is 10.2 Å². The van der Waals surface area contributed by atoms with Crippen molar-refractivity contribution in [1.29, 1.82) is 5.41 Å². The molecule has 3 aromatic carbocycles. The Morgan fingerprint density at radius 1 is 1.00 bits per heavy atom. The summed E-state index contributed by atoms with van der Waals surface area (Å²) in [4.78, 5) is 12.4. The third kappa shape index (κ3) is 5.50. The predicted molar refractivity (Wildman–Crippen MR) is 124 cm³/mol. The van der Waals surface area contributed by atoms with Gasteiger partial charge in [0.05, 0.1) is 11.5 Å². The molecular weight excluding hydrogens is 447 g/mol. The Kier molecular flexibility index (Phi) is 7.02. The highest BCUT2D eigenvalue weighted by atomic mass is 32.2. The minimum Gasteiger partial charge on any atom is -0.392 e. The van der Waals surface area contributed by atoms with Crippen LogP contribution >= 0.6 is 0 Å². The molecule has 0 fully saturated rings. The van der Waals surface area contributed by atoms with Crippen LogP contribution in [0.15, 0.2) is 83.5 Å². The zero-order valence-corrected chi connectivity index (χ0v) is 18.1. The molecule has 0 aliphatic rings. The van der Waals surface area contributed by atoms with E-state index in [9.17, 15) is 22.7 Å². The van der Waals surface area contributed by atoms with Gasteiger partial charge in [0.15, 0.2) is 5.83 Å². The number of hydrogen-bond donors (Lipinski definition) is 5. The molecular formula is C23H21FN4O4S. The van der Waals surface area contributed by atoms with Crippen LogP contribution < -0.4 is 16.2 Å². The van der Waals surface area contributed by atoms with E-state index in [-0.39, 0.29) is 27.6 Å². The number of hydrogen-bond acceptors (Lipinski definition) is 5. The number of carbonyl (C=O) groups is 1. The highest BCUT2D eigenvalue weighted by molar-refractivity contribution is 7.89. The minimum absolute atomic E-state index is 0.0452. The molecule has 7 N–H and O–H groups in total. The SMILES string of the molecule is N=C(N)c1cccc(/C(CO)=C(/F)C(=O)Nc2ccc(-c3ccccc3S(N)(=O)=O)cc2)c1. The molecule has 8 nitrogen and oxygen atoms in total. The average Bonchev–Trinajstić information content (AvgIpc) is 2.79. The second-order valence-electron chi connectivity index (χ2n) is 7.02. The highest BCUT2D eigenvalue weighted by Crippen LogP contribution is 2.28. The molecule has 33 heavy (non-hydrogen) atoms. The fourth-order valence-corrected chi connectivity index (χ4v) is 3.93. The monoisotopic (exact) mass is 468 g/mol. The summed E-state index contributed by atoms with van der Waals surface area (Å²) in [6.07, 6.45) is 0. The Morgan fingerprint density at radius 2 is 1.64 bits per heavy atom. The topological polar surface area (TPSA) is 159 Å². The van der Waals surface area contributed by atoms with Crippen LogP contribution in [-0.2, 0) is 14.8 Å². The molecule has 10 heteroatoms. The molecule has 0 aromatic heterocycles. The van der Waals surface area contributed by atoms with Crippen molar-refractivity contribution >= 4 is 33.0 Å². The number of amidine groups is 1. The Morgan fingerprint density at radius 3 is 2.24 bits per heavy atom. The lowest BCUT2D eigenvalue weighted by Gasteiger charge is -2.11. The summed E-state index contributed by atoms with van der Waals surface area (Å²) in [7, 11) is -3.94. The predicted octanol–water partition coefficient (Wildman–Crippen LogP) is 2.60. The molecule has 0 heterocycles. The number of anilines is 1. The molecule has 1 amide bonds. The molecule has 0 saturated carbocycles. The number of nitrogens with one attached hydrogen (secondary N) is 2. The Hall–Kier alpha value is -3.86. The number of nitrogens with two attached hydrogens (primary N) is 2. The fraction of sp³-hybridized carbons (Fsp3) is 0.0435. The first-order chi connectivity index (χ1) is 15.6. The van der Waals surface area contributed by atoms with Crippen molar-refractivity contribution in [3.63, 3.8) is 0 Å². The van der Waals surface area contributed by atoms with E-state index in [0.29, 0.717) is 16.7 Å². The average molecular weight is 469 g/mol. The molecule has 0 atom stereocenters. The summed E-state index contributed by atoms with van der Waals surface area (Å²) in [5.74, 6) is -2.50. The maximum absolute atomic E-state index is 14.8. The van der Waals surface area contributed by atoms with Gasteiger partial charge < -0.3 is 16.2 Å². The number of primary sulfonamides is 1. The van der Waals surface area contributed by atoms with Gasteiger partial charge in [0.2, 0.25) is 10.0 Å². The van der Waals surface area contributed by atoms with Crippen molar-refractivity contribution in [1.82, 2.24) is 0 Å². The van der Waals surface area contributed by atoms with E-state index < -0.39 is 28.4 Å². The smallest absolute Gasteiger partial charge is 0.284 e. The van der Waals surface area contributed by atoms with Gasteiger partial charge in [-0.2, -0.15) is 0 Å². The van der Waals surface area contributed by atoms with Crippen LogP contribution in [0.2, 0.25) is 0 Å². The normalized spacial score (nSPS) is 12.1. The van der Waals surface area contributed by atoms with E-state index in [1.807, 2.05) is 0 Å². The Labute approximate surface area is 189 Å². The van der Waals surface area contributed by atoms with Crippen LogP contribution in [0.3, 0.4) is 0 Å². The lowest BCUT2D eigenvalue weighted by atomic mass is 10.0. The number of aliphatic hydroxyl groups excluding tert-OH is 1. The molecule has 0 radical (unpaired) electrons. The van der Waals surface area contributed by atoms with Crippen molar-refractivity contribution in [2.75, 3.05) is 11.9 Å². The van der Waals surface area contributed by atoms with E-state index in [2.05, 4.69) is 5.32 Å². The van der Waals surface area contributed by atoms with E-state index in [1.54, 1.807) is 36.4 Å². The molecule has 0 aliphatic heterocycles. The number of rotatable bonds is 7. The van der Waals surface area contributed by atoms with Crippen molar-refractivity contribution in [2.24, 2.45) is 10.9 Å². The third-order valence-electron chi connectivity index (χ3n) is 4.79. The van der Waals surface area contributed by atoms with Crippen molar-refractivity contribution < 1.29 is 22.7 Å². The minimum atomic E-state index is -3.94. The zero-order valence-electron chi connectivity index (χ0n) is 17.2. The van der Waals surface area contributed by atoms with Crippen LogP contribution in [0.4, 0.5) is 10.1 Å². The fourth-order valence-electron chi connectivity index (χ4n) is 3.17. The van der Waals surface area contributed by atoms with Crippen LogP contribution in [0.25, 0.3) is 16.7 Å². The molecule has 3 aromatic rings. The zero-order chi connectivity index (χ0) is 24.2. The highest BCUT2D eigenvalue weighted by Gasteiger charge is 2.18. The summed E-state index contributed by atoms with van der Waals surface area (Å²) < 4.78 is 38.5. The Balaban J connectivity index is 1.86. The number of halogens is 1. The molecule has 0 spiro atoms. The number of carbonyl (C=O) groups excluding carboxylic acids is 1. The van der Waals surface area contributed by atoms with Gasteiger partial charge >= 0.3 is 0 Å². The summed E-state index contributed by atoms with van der Waals surface area (Å²) in [5, 5.41) is 24.8. The van der Waals surface area contributed by atoms with Gasteiger partial charge in [-0.15, -0.1) is 0 Å². The molecule has 3 rings (SSSR count). The first-order valence-corrected chi connectivity index (χ1v) is 11.1. The van der Waals surface area contributed by atoms with Crippen molar-refractivity contribution in [3.05, 3.63) is 89.8 Å². The first kappa shape index (κ1) is 23.8. The number of benzene rings is 3. The van der Waals surface area contributed by atoms with Crippen LogP contribution in [-0.4, -0.2) is 31.9 Å². The Bertz CT molecular complexity index is 1350. The number of amides is 1. The maximum atomic E-state index is 14.8. The molecule has 0 unspecified atom stereocenters. The number of aliphatic hydroxyl groups is 1. The van der Waals surface area contributed by atoms with E-state index in [0.717, 1.165) is 0 Å². The van der Waals surface area contributed by atoms with Gasteiger partial charge in [-0.25, -0.2) is 17.9 Å². The molecule has 170 valence electrons. The number of nitrogen functional groups attached to an aromatic ring is 1. The second kappa shape index (κ2) is 9.74. The summed E-state index contributed by atoms with van der Waals surface area (Å²) in [6, 6.07) is 18.3. The van der Waals surface area contributed by atoms with E-state index >= 15 is 0 Å². The summed E-state index contributed by atoms with van der Waals surface area (Å²) >= 11 is 0. The van der Waals surface area contributed by atoms with Gasteiger partial charge in [-0.05, 0) is 35.4 Å². The van der Waals surface area contributed by atoms with Gasteiger partial charge in [0.25, 0.3) is 5.91 Å². The quantitative estimate of drug-likeness (QED) is 0.204. The standard InChI is InChI=1S/C23H21FN4O4S/c24-21(19(13-29)15-4-3-5-16(12-15)22(25)26)23(30)28-17-10-8-14(9-11-17)18-6-1-2-7-20(18)33(27,31)32/h1-12,29H,13H2,(H3,25,26)(H,28,30)(H2,27,31,32)/b21-19+. The summed E-state index contributed by atoms with van der Waals surface area (Å²) in [5.41, 5.74) is 6.89. The molecule has 0 aliphatic carbocycles. The van der Waals surface area contributed by atoms with Crippen molar-refractivity contribution in [2.45, 2.75) is 4.90 Å². The van der Waals surface area contributed by atoms with Gasteiger partial charge in [-0.1, -0.05) is 48.5 Å². The second-order valence-corrected chi connectivity index (χ2v) is 8.55. The first-order valence-electron chi connectivity index (χ1n) is 9.59. The van der Waals surface area contributed by atoms with Crippen LogP contribution in [0.1, 0.15) is 11.1 Å². The van der Waals surface area contributed by atoms with Gasteiger partial charge in [0.1, 0.15) is 5.84 Å². The maximum Gasteiger partial charge on any atom is 0.284 e. The molecule has 0 bridgehead atoms. The van der Waals surface area contributed by atoms with Crippen LogP contribution in [0, 0.1) is 5.41 Å². The molecule has 0 saturated heterocycles. The van der Waals surface area contributed by atoms with Gasteiger partial charge in [0, 0.05) is 22.4 Å². The van der Waals surface area contributed by atoms with E-state index in [4.69, 9.17) is 16.3 Å². The van der Waals surface area contributed by atoms with Crippen molar-refractivity contribution in [3.8, 4) is 11.1 Å². The number of sulfonamides is 1.